The second-order valence-corrected chi connectivity index (χ2v) is 6.09. The van der Waals surface area contributed by atoms with Gasteiger partial charge in [-0.05, 0) is 49.2 Å². The Labute approximate surface area is 134 Å². The van der Waals surface area contributed by atoms with Gasteiger partial charge in [0, 0.05) is 25.5 Å². The highest BCUT2D eigenvalue weighted by atomic mass is 16.4. The molecule has 0 saturated carbocycles. The van der Waals surface area contributed by atoms with Crippen molar-refractivity contribution in [3.8, 4) is 0 Å². The van der Waals surface area contributed by atoms with Crippen molar-refractivity contribution in [2.24, 2.45) is 0 Å². The van der Waals surface area contributed by atoms with Crippen molar-refractivity contribution in [1.29, 1.82) is 0 Å². The Morgan fingerprint density at radius 3 is 2.87 bits per heavy atom. The Morgan fingerprint density at radius 2 is 2.00 bits per heavy atom. The van der Waals surface area contributed by atoms with Gasteiger partial charge in [-0.1, -0.05) is 12.1 Å². The van der Waals surface area contributed by atoms with Crippen LogP contribution in [0.1, 0.15) is 24.4 Å². The van der Waals surface area contributed by atoms with E-state index >= 15 is 0 Å². The lowest BCUT2D eigenvalue weighted by molar-refractivity contribution is 0.168. The highest BCUT2D eigenvalue weighted by molar-refractivity contribution is 5.72. The van der Waals surface area contributed by atoms with Crippen LogP contribution in [0.4, 0.5) is 0 Å². The molecule has 23 heavy (non-hydrogen) atoms. The van der Waals surface area contributed by atoms with Gasteiger partial charge in [0.2, 0.25) is 0 Å². The van der Waals surface area contributed by atoms with Crippen molar-refractivity contribution < 1.29 is 4.42 Å². The maximum Gasteiger partial charge on any atom is 0.420 e. The first-order valence-corrected chi connectivity index (χ1v) is 8.02. The summed E-state index contributed by atoms with van der Waals surface area (Å²) in [5, 5.41) is 0. The number of pyridine rings is 1. The van der Waals surface area contributed by atoms with Crippen LogP contribution in [0.25, 0.3) is 11.1 Å². The lowest BCUT2D eigenvalue weighted by Gasteiger charge is -2.33. The molecule has 3 heterocycles. The van der Waals surface area contributed by atoms with Gasteiger partial charge in [-0.25, -0.2) is 4.79 Å². The number of oxazole rings is 1. The van der Waals surface area contributed by atoms with Gasteiger partial charge in [-0.15, -0.1) is 0 Å². The van der Waals surface area contributed by atoms with Gasteiger partial charge in [-0.3, -0.25) is 14.5 Å². The molecule has 1 saturated heterocycles. The fraction of sp³-hybridized carbons (Fsp3) is 0.333. The van der Waals surface area contributed by atoms with E-state index < -0.39 is 0 Å². The van der Waals surface area contributed by atoms with Crippen LogP contribution in [0.2, 0.25) is 0 Å². The molecule has 0 aliphatic carbocycles. The Morgan fingerprint density at radius 1 is 1.17 bits per heavy atom. The number of benzene rings is 1. The van der Waals surface area contributed by atoms with Crippen LogP contribution < -0.4 is 5.76 Å². The van der Waals surface area contributed by atoms with Crippen molar-refractivity contribution in [2.75, 3.05) is 13.1 Å². The standard InChI is InChI=1S/C18H19N3O2/c22-18-21(16-5-1-2-6-17(16)23-18)15-4-3-11-20(13-15)12-14-7-9-19-10-8-14/h1-2,5-10,15H,3-4,11-13H2/t15-/m1/s1. The van der Waals surface area contributed by atoms with Crippen molar-refractivity contribution in [3.05, 3.63) is 64.9 Å². The van der Waals surface area contributed by atoms with Crippen molar-refractivity contribution in [2.45, 2.75) is 25.4 Å². The molecule has 1 aliphatic rings. The quantitative estimate of drug-likeness (QED) is 0.746. The van der Waals surface area contributed by atoms with Crippen molar-refractivity contribution in [3.63, 3.8) is 0 Å². The van der Waals surface area contributed by atoms with E-state index in [0.717, 1.165) is 38.0 Å². The summed E-state index contributed by atoms with van der Waals surface area (Å²) >= 11 is 0. The largest absolute Gasteiger partial charge is 0.420 e. The zero-order valence-corrected chi connectivity index (χ0v) is 12.9. The summed E-state index contributed by atoms with van der Waals surface area (Å²) in [4.78, 5) is 18.7. The zero-order chi connectivity index (χ0) is 15.6. The number of likely N-dealkylation sites (tertiary alicyclic amines) is 1. The van der Waals surface area contributed by atoms with E-state index in [4.69, 9.17) is 4.42 Å². The predicted octanol–water partition coefficient (Wildman–Crippen LogP) is 2.83. The molecule has 4 rings (SSSR count). The summed E-state index contributed by atoms with van der Waals surface area (Å²) in [5.74, 6) is -0.248. The number of piperidine rings is 1. The molecular weight excluding hydrogens is 290 g/mol. The monoisotopic (exact) mass is 309 g/mol. The maximum absolute atomic E-state index is 12.3. The summed E-state index contributed by atoms with van der Waals surface area (Å²) in [5.41, 5.74) is 2.82. The van der Waals surface area contributed by atoms with Crippen LogP contribution in [0, 0.1) is 0 Å². The van der Waals surface area contributed by atoms with E-state index in [2.05, 4.69) is 9.88 Å². The van der Waals surface area contributed by atoms with E-state index in [-0.39, 0.29) is 11.8 Å². The Bertz CT molecular complexity index is 853. The Hall–Kier alpha value is -2.40. The number of hydrogen-bond donors (Lipinski definition) is 0. The lowest BCUT2D eigenvalue weighted by Crippen LogP contribution is -2.38. The molecule has 1 aliphatic heterocycles. The minimum atomic E-state index is -0.248. The number of para-hydroxylation sites is 2. The van der Waals surface area contributed by atoms with Crippen LogP contribution >= 0.6 is 0 Å². The minimum Gasteiger partial charge on any atom is -0.408 e. The first-order valence-electron chi connectivity index (χ1n) is 8.02. The second-order valence-electron chi connectivity index (χ2n) is 6.09. The molecule has 3 aromatic rings. The van der Waals surface area contributed by atoms with E-state index in [0.29, 0.717) is 5.58 Å². The van der Waals surface area contributed by atoms with E-state index in [1.54, 1.807) is 0 Å². The Balaban J connectivity index is 1.59. The number of fused-ring (bicyclic) bond motifs is 1. The lowest BCUT2D eigenvalue weighted by atomic mass is 10.0. The van der Waals surface area contributed by atoms with Gasteiger partial charge in [-0.2, -0.15) is 0 Å². The fourth-order valence-corrected chi connectivity index (χ4v) is 3.46. The van der Waals surface area contributed by atoms with Crippen LogP contribution in [-0.2, 0) is 6.54 Å². The predicted molar refractivity (Wildman–Crippen MR) is 88.3 cm³/mol. The molecule has 118 valence electrons. The number of nitrogens with zero attached hydrogens (tertiary/aromatic N) is 3. The molecule has 5 heteroatoms. The van der Waals surface area contributed by atoms with Crippen LogP contribution in [0.5, 0.6) is 0 Å². The highest BCUT2D eigenvalue weighted by Crippen LogP contribution is 2.25. The van der Waals surface area contributed by atoms with E-state index in [9.17, 15) is 4.79 Å². The SMILES string of the molecule is O=c1oc2ccccc2n1[C@@H]1CCCN(Cc2ccncc2)C1. The van der Waals surface area contributed by atoms with Gasteiger partial charge in [0.25, 0.3) is 0 Å². The molecule has 0 spiro atoms. The maximum atomic E-state index is 12.3. The van der Waals surface area contributed by atoms with Gasteiger partial charge in [0.15, 0.2) is 5.58 Å². The van der Waals surface area contributed by atoms with Gasteiger partial charge < -0.3 is 4.42 Å². The summed E-state index contributed by atoms with van der Waals surface area (Å²) in [6.07, 6.45) is 5.74. The number of hydrogen-bond acceptors (Lipinski definition) is 4. The fourth-order valence-electron chi connectivity index (χ4n) is 3.46. The third-order valence-corrected chi connectivity index (χ3v) is 4.52. The third kappa shape index (κ3) is 2.80. The molecule has 0 amide bonds. The van der Waals surface area contributed by atoms with Crippen LogP contribution in [-0.4, -0.2) is 27.5 Å². The molecule has 2 aromatic heterocycles. The highest BCUT2D eigenvalue weighted by Gasteiger charge is 2.25. The van der Waals surface area contributed by atoms with Crippen molar-refractivity contribution >= 4 is 11.1 Å². The van der Waals surface area contributed by atoms with Gasteiger partial charge in [0.05, 0.1) is 11.6 Å². The summed E-state index contributed by atoms with van der Waals surface area (Å²) < 4.78 is 7.21. The zero-order valence-electron chi connectivity index (χ0n) is 12.9. The van der Waals surface area contributed by atoms with E-state index in [1.807, 2.05) is 53.4 Å². The molecule has 5 nitrogen and oxygen atoms in total. The average molecular weight is 309 g/mol. The molecule has 1 aromatic carbocycles. The Kier molecular flexibility index (Phi) is 3.71. The molecule has 1 fully saturated rings. The van der Waals surface area contributed by atoms with Crippen LogP contribution in [0.15, 0.2) is 58.0 Å². The summed E-state index contributed by atoms with van der Waals surface area (Å²) in [6.45, 7) is 2.82. The first kappa shape index (κ1) is 14.2. The van der Waals surface area contributed by atoms with Gasteiger partial charge >= 0.3 is 5.76 Å². The van der Waals surface area contributed by atoms with Crippen molar-refractivity contribution in [1.82, 2.24) is 14.5 Å². The normalized spacial score (nSPS) is 19.2. The molecule has 0 radical (unpaired) electrons. The molecule has 0 bridgehead atoms. The second kappa shape index (κ2) is 6.01. The average Bonchev–Trinajstić information content (AvgIpc) is 2.92. The molecule has 1 atom stereocenters. The van der Waals surface area contributed by atoms with Gasteiger partial charge in [0.1, 0.15) is 0 Å². The molecule has 0 N–H and O–H groups in total. The molecular formula is C18H19N3O2. The topological polar surface area (TPSA) is 51.3 Å². The number of rotatable bonds is 3. The summed E-state index contributed by atoms with van der Waals surface area (Å²) in [6, 6.07) is 11.9. The first-order chi connectivity index (χ1) is 11.3. The third-order valence-electron chi connectivity index (χ3n) is 4.52. The summed E-state index contributed by atoms with van der Waals surface area (Å²) in [7, 11) is 0. The van der Waals surface area contributed by atoms with Crippen LogP contribution in [0.3, 0.4) is 0 Å². The smallest absolute Gasteiger partial charge is 0.408 e. The number of aromatic nitrogens is 2. The van der Waals surface area contributed by atoms with E-state index in [1.165, 1.54) is 5.56 Å². The molecule has 0 unspecified atom stereocenters. The minimum absolute atomic E-state index is 0.168.